The molecule has 3 rings (SSSR count). The van der Waals surface area contributed by atoms with Crippen LogP contribution in [0.5, 0.6) is 0 Å². The van der Waals surface area contributed by atoms with E-state index in [1.54, 1.807) is 17.5 Å². The Balaban J connectivity index is 1.66. The summed E-state index contributed by atoms with van der Waals surface area (Å²) in [5.41, 5.74) is 0.339. The molecule has 0 spiro atoms. The van der Waals surface area contributed by atoms with E-state index in [0.717, 1.165) is 12.8 Å². The SMILES string of the molecule is CC(C)[C@@H](NC(=O)CC1CCCC1)c1nc(C(=O)Nc2ccccc2F)cs1. The van der Waals surface area contributed by atoms with E-state index in [4.69, 9.17) is 0 Å². The number of para-hydroxylation sites is 1. The molecule has 0 aliphatic heterocycles. The molecule has 1 aliphatic rings. The lowest BCUT2D eigenvalue weighted by atomic mass is 10.0. The molecule has 7 heteroatoms. The first kappa shape index (κ1) is 20.5. The second-order valence-electron chi connectivity index (χ2n) is 7.65. The molecule has 0 radical (unpaired) electrons. The Hall–Kier alpha value is -2.28. The fraction of sp³-hybridized carbons (Fsp3) is 0.476. The van der Waals surface area contributed by atoms with Crippen molar-refractivity contribution in [1.29, 1.82) is 0 Å². The highest BCUT2D eigenvalue weighted by Gasteiger charge is 2.25. The Kier molecular flexibility index (Phi) is 6.78. The number of nitrogens with one attached hydrogen (secondary N) is 2. The Bertz CT molecular complexity index is 831. The van der Waals surface area contributed by atoms with Gasteiger partial charge in [0.05, 0.1) is 11.7 Å². The third-order valence-corrected chi connectivity index (χ3v) is 6.00. The summed E-state index contributed by atoms with van der Waals surface area (Å²) in [6.45, 7) is 4.03. The van der Waals surface area contributed by atoms with E-state index in [0.29, 0.717) is 17.3 Å². The number of halogens is 1. The topological polar surface area (TPSA) is 71.1 Å². The molecule has 150 valence electrons. The molecule has 2 aromatic rings. The van der Waals surface area contributed by atoms with Gasteiger partial charge in [-0.3, -0.25) is 9.59 Å². The molecule has 28 heavy (non-hydrogen) atoms. The van der Waals surface area contributed by atoms with Gasteiger partial charge in [-0.25, -0.2) is 9.37 Å². The molecule has 1 saturated carbocycles. The van der Waals surface area contributed by atoms with Crippen LogP contribution in [-0.4, -0.2) is 16.8 Å². The summed E-state index contributed by atoms with van der Waals surface area (Å²) >= 11 is 1.33. The van der Waals surface area contributed by atoms with Gasteiger partial charge in [-0.1, -0.05) is 38.8 Å². The van der Waals surface area contributed by atoms with Crippen LogP contribution in [0.25, 0.3) is 0 Å². The van der Waals surface area contributed by atoms with E-state index < -0.39 is 11.7 Å². The van der Waals surface area contributed by atoms with E-state index in [9.17, 15) is 14.0 Å². The van der Waals surface area contributed by atoms with Crippen molar-refractivity contribution in [1.82, 2.24) is 10.3 Å². The van der Waals surface area contributed by atoms with E-state index in [2.05, 4.69) is 15.6 Å². The number of anilines is 1. The molecule has 0 unspecified atom stereocenters. The molecule has 1 heterocycles. The average Bonchev–Trinajstić information content (AvgIpc) is 3.33. The predicted octanol–water partition coefficient (Wildman–Crippen LogP) is 4.93. The quantitative estimate of drug-likeness (QED) is 0.689. The predicted molar refractivity (Wildman–Crippen MR) is 109 cm³/mol. The first-order valence-electron chi connectivity index (χ1n) is 9.74. The normalized spacial score (nSPS) is 15.6. The highest BCUT2D eigenvalue weighted by atomic mass is 32.1. The zero-order chi connectivity index (χ0) is 20.1. The number of hydrogen-bond acceptors (Lipinski definition) is 4. The zero-order valence-electron chi connectivity index (χ0n) is 16.2. The van der Waals surface area contributed by atoms with Gasteiger partial charge in [-0.15, -0.1) is 11.3 Å². The smallest absolute Gasteiger partial charge is 0.275 e. The number of nitrogens with zero attached hydrogens (tertiary/aromatic N) is 1. The molecule has 1 aliphatic carbocycles. The molecule has 2 N–H and O–H groups in total. The van der Waals surface area contributed by atoms with Crippen LogP contribution < -0.4 is 10.6 Å². The van der Waals surface area contributed by atoms with Gasteiger partial charge < -0.3 is 10.6 Å². The average molecular weight is 404 g/mol. The molecule has 1 fully saturated rings. The minimum absolute atomic E-state index is 0.0400. The summed E-state index contributed by atoms with van der Waals surface area (Å²) in [6.07, 6.45) is 5.21. The number of carbonyl (C=O) groups is 2. The van der Waals surface area contributed by atoms with Gasteiger partial charge in [0.2, 0.25) is 5.91 Å². The molecule has 2 amide bonds. The van der Waals surface area contributed by atoms with Crippen molar-refractivity contribution < 1.29 is 14.0 Å². The minimum Gasteiger partial charge on any atom is -0.347 e. The van der Waals surface area contributed by atoms with Gasteiger partial charge in [0.1, 0.15) is 16.5 Å². The van der Waals surface area contributed by atoms with Crippen LogP contribution in [0, 0.1) is 17.7 Å². The van der Waals surface area contributed by atoms with E-state index in [-0.39, 0.29) is 29.2 Å². The van der Waals surface area contributed by atoms with Gasteiger partial charge >= 0.3 is 0 Å². The third-order valence-electron chi connectivity index (χ3n) is 5.07. The largest absolute Gasteiger partial charge is 0.347 e. The number of thiazole rings is 1. The number of benzene rings is 1. The molecular weight excluding hydrogens is 377 g/mol. The van der Waals surface area contributed by atoms with Crippen molar-refractivity contribution in [2.75, 3.05) is 5.32 Å². The van der Waals surface area contributed by atoms with Crippen molar-refractivity contribution in [2.24, 2.45) is 11.8 Å². The van der Waals surface area contributed by atoms with Crippen molar-refractivity contribution in [3.05, 3.63) is 46.2 Å². The van der Waals surface area contributed by atoms with Crippen LogP contribution in [0.2, 0.25) is 0 Å². The number of hydrogen-bond donors (Lipinski definition) is 2. The highest BCUT2D eigenvalue weighted by molar-refractivity contribution is 7.10. The second kappa shape index (κ2) is 9.28. The van der Waals surface area contributed by atoms with E-state index >= 15 is 0 Å². The van der Waals surface area contributed by atoms with Crippen molar-refractivity contribution in [3.8, 4) is 0 Å². The summed E-state index contributed by atoms with van der Waals surface area (Å²) < 4.78 is 13.7. The molecule has 1 aromatic heterocycles. The number of amides is 2. The lowest BCUT2D eigenvalue weighted by Crippen LogP contribution is -2.32. The fourth-order valence-corrected chi connectivity index (χ4v) is 4.53. The summed E-state index contributed by atoms with van der Waals surface area (Å²) in [6, 6.07) is 5.76. The van der Waals surface area contributed by atoms with E-state index in [1.807, 2.05) is 13.8 Å². The maximum absolute atomic E-state index is 13.7. The van der Waals surface area contributed by atoms with Crippen molar-refractivity contribution >= 4 is 28.8 Å². The van der Waals surface area contributed by atoms with Gasteiger partial charge in [0.15, 0.2) is 0 Å². The third kappa shape index (κ3) is 5.16. The van der Waals surface area contributed by atoms with Crippen LogP contribution in [0.15, 0.2) is 29.6 Å². The van der Waals surface area contributed by atoms with Gasteiger partial charge in [-0.2, -0.15) is 0 Å². The summed E-state index contributed by atoms with van der Waals surface area (Å²) in [5.74, 6) is -0.302. The molecule has 0 bridgehead atoms. The van der Waals surface area contributed by atoms with Crippen molar-refractivity contribution in [2.45, 2.75) is 52.0 Å². The first-order chi connectivity index (χ1) is 13.4. The second-order valence-corrected chi connectivity index (χ2v) is 8.54. The molecule has 1 atom stereocenters. The van der Waals surface area contributed by atoms with Gasteiger partial charge in [0.25, 0.3) is 5.91 Å². The monoisotopic (exact) mass is 403 g/mol. The Labute approximate surface area is 168 Å². The molecular formula is C21H26FN3O2S. The minimum atomic E-state index is -0.495. The first-order valence-corrected chi connectivity index (χ1v) is 10.6. The van der Waals surface area contributed by atoms with Crippen LogP contribution in [0.4, 0.5) is 10.1 Å². The lowest BCUT2D eigenvalue weighted by molar-refractivity contribution is -0.123. The zero-order valence-corrected chi connectivity index (χ0v) is 17.0. The Morgan fingerprint density at radius 3 is 2.64 bits per heavy atom. The lowest BCUT2D eigenvalue weighted by Gasteiger charge is -2.21. The van der Waals surface area contributed by atoms with E-state index in [1.165, 1.54) is 36.3 Å². The fourth-order valence-electron chi connectivity index (χ4n) is 3.51. The van der Waals surface area contributed by atoms with Gasteiger partial charge in [0, 0.05) is 11.8 Å². The molecule has 1 aromatic carbocycles. The van der Waals surface area contributed by atoms with Crippen molar-refractivity contribution in [3.63, 3.8) is 0 Å². The summed E-state index contributed by atoms with van der Waals surface area (Å²) in [4.78, 5) is 29.3. The van der Waals surface area contributed by atoms with Gasteiger partial charge in [-0.05, 0) is 36.8 Å². The summed E-state index contributed by atoms with van der Waals surface area (Å²) in [5, 5.41) is 7.96. The van der Waals surface area contributed by atoms with Crippen LogP contribution in [0.3, 0.4) is 0 Å². The Morgan fingerprint density at radius 1 is 1.25 bits per heavy atom. The summed E-state index contributed by atoms with van der Waals surface area (Å²) in [7, 11) is 0. The van der Waals surface area contributed by atoms with Crippen LogP contribution in [-0.2, 0) is 4.79 Å². The number of rotatable bonds is 7. The number of aromatic nitrogens is 1. The molecule has 0 saturated heterocycles. The maximum atomic E-state index is 13.7. The van der Waals surface area contributed by atoms with Crippen LogP contribution >= 0.6 is 11.3 Å². The standard InChI is InChI=1S/C21H26FN3O2S/c1-13(2)19(25-18(26)11-14-7-3-4-8-14)21-24-17(12-28-21)20(27)23-16-10-6-5-9-15(16)22/h5-6,9-10,12-14,19H,3-4,7-8,11H2,1-2H3,(H,23,27)(H,25,26)/t19-/m1/s1. The highest BCUT2D eigenvalue weighted by Crippen LogP contribution is 2.29. The maximum Gasteiger partial charge on any atom is 0.275 e. The van der Waals surface area contributed by atoms with Crippen LogP contribution in [0.1, 0.15) is 67.5 Å². The number of carbonyl (C=O) groups excluding carboxylic acids is 2. The Morgan fingerprint density at radius 2 is 1.96 bits per heavy atom. The molecule has 5 nitrogen and oxygen atoms in total.